The fraction of sp³-hybridized carbons (Fsp3) is 0.379. The van der Waals surface area contributed by atoms with Crippen molar-refractivity contribution in [3.05, 3.63) is 89.5 Å². The monoisotopic (exact) mass is 459 g/mol. The predicted molar refractivity (Wildman–Crippen MR) is 133 cm³/mol. The van der Waals surface area contributed by atoms with Crippen LogP contribution in [-0.4, -0.2) is 56.1 Å². The Kier molecular flexibility index (Phi) is 7.32. The third-order valence-electron chi connectivity index (χ3n) is 6.86. The minimum Gasteiger partial charge on any atom is -0.508 e. The molecule has 178 valence electrons. The summed E-state index contributed by atoms with van der Waals surface area (Å²) in [7, 11) is 0. The molecule has 5 rings (SSSR count). The van der Waals surface area contributed by atoms with Crippen LogP contribution >= 0.6 is 0 Å². The molecule has 5 heteroatoms. The van der Waals surface area contributed by atoms with Gasteiger partial charge in [-0.2, -0.15) is 0 Å². The van der Waals surface area contributed by atoms with Gasteiger partial charge in [-0.25, -0.2) is 0 Å². The predicted octanol–water partition coefficient (Wildman–Crippen LogP) is 5.19. The molecule has 34 heavy (non-hydrogen) atoms. The van der Waals surface area contributed by atoms with Crippen LogP contribution in [0.1, 0.15) is 41.4 Å². The van der Waals surface area contributed by atoms with E-state index in [9.17, 15) is 5.11 Å². The standard InChI is InChI=1S/C29H33NO4/c31-24-10-13-26-28(20-24)34-21-27(22-6-2-1-3-7-22)29(26)23-8-11-25(12-9-23)33-17-5-4-14-30-15-18-32-19-16-30/h1-3,6-13,20,27,29,31H,4-5,14-19,21H2. The quantitative estimate of drug-likeness (QED) is 0.470. The van der Waals surface area contributed by atoms with E-state index in [2.05, 4.69) is 53.4 Å². The molecule has 0 bridgehead atoms. The molecule has 2 heterocycles. The molecule has 1 N–H and O–H groups in total. The molecule has 1 saturated heterocycles. The Morgan fingerprint density at radius 3 is 2.47 bits per heavy atom. The molecule has 0 aromatic heterocycles. The first-order valence-corrected chi connectivity index (χ1v) is 12.3. The summed E-state index contributed by atoms with van der Waals surface area (Å²) in [4.78, 5) is 2.47. The Morgan fingerprint density at radius 1 is 0.882 bits per heavy atom. The molecule has 0 radical (unpaired) electrons. The lowest BCUT2D eigenvalue weighted by Gasteiger charge is -2.34. The van der Waals surface area contributed by atoms with Crippen LogP contribution < -0.4 is 9.47 Å². The number of morpholine rings is 1. The highest BCUT2D eigenvalue weighted by atomic mass is 16.5. The molecule has 2 aliphatic rings. The Morgan fingerprint density at radius 2 is 1.68 bits per heavy atom. The SMILES string of the molecule is Oc1ccc2c(c1)OCC(c1ccccc1)C2c1ccc(OCCCCN2CCOCC2)cc1. The van der Waals surface area contributed by atoms with E-state index in [1.807, 2.05) is 12.1 Å². The Bertz CT molecular complexity index is 1050. The van der Waals surface area contributed by atoms with Crippen molar-refractivity contribution in [3.63, 3.8) is 0 Å². The van der Waals surface area contributed by atoms with Gasteiger partial charge in [-0.3, -0.25) is 4.90 Å². The molecule has 2 unspecified atom stereocenters. The number of hydrogen-bond donors (Lipinski definition) is 1. The smallest absolute Gasteiger partial charge is 0.126 e. The fourth-order valence-corrected chi connectivity index (χ4v) is 5.02. The minimum atomic E-state index is 0.148. The van der Waals surface area contributed by atoms with Crippen molar-refractivity contribution < 1.29 is 19.3 Å². The summed E-state index contributed by atoms with van der Waals surface area (Å²) in [6, 6.07) is 24.5. The van der Waals surface area contributed by atoms with E-state index in [0.717, 1.165) is 69.4 Å². The Hall–Kier alpha value is -3.02. The topological polar surface area (TPSA) is 51.2 Å². The van der Waals surface area contributed by atoms with Crippen LogP contribution in [0.15, 0.2) is 72.8 Å². The number of aromatic hydroxyl groups is 1. The lowest BCUT2D eigenvalue weighted by Crippen LogP contribution is -2.36. The van der Waals surface area contributed by atoms with Crippen LogP contribution in [-0.2, 0) is 4.74 Å². The van der Waals surface area contributed by atoms with Gasteiger partial charge in [-0.1, -0.05) is 48.5 Å². The maximum Gasteiger partial charge on any atom is 0.126 e. The number of phenolic OH excluding ortho intramolecular Hbond substituents is 1. The fourth-order valence-electron chi connectivity index (χ4n) is 5.02. The molecule has 3 aromatic rings. The maximum absolute atomic E-state index is 9.95. The van der Waals surface area contributed by atoms with E-state index in [1.165, 1.54) is 11.1 Å². The van der Waals surface area contributed by atoms with E-state index in [0.29, 0.717) is 6.61 Å². The summed E-state index contributed by atoms with van der Waals surface area (Å²) in [5.74, 6) is 2.25. The highest BCUT2D eigenvalue weighted by Crippen LogP contribution is 2.47. The van der Waals surface area contributed by atoms with Gasteiger partial charge in [0.25, 0.3) is 0 Å². The van der Waals surface area contributed by atoms with Gasteiger partial charge in [-0.05, 0) is 48.7 Å². The highest BCUT2D eigenvalue weighted by Gasteiger charge is 2.33. The number of rotatable bonds is 8. The van der Waals surface area contributed by atoms with E-state index in [-0.39, 0.29) is 17.6 Å². The summed E-state index contributed by atoms with van der Waals surface area (Å²) in [5.41, 5.74) is 3.59. The van der Waals surface area contributed by atoms with Gasteiger partial charge in [0.1, 0.15) is 17.2 Å². The first-order chi connectivity index (χ1) is 16.8. The average Bonchev–Trinajstić information content (AvgIpc) is 2.89. The number of fused-ring (bicyclic) bond motifs is 1. The van der Waals surface area contributed by atoms with Gasteiger partial charge < -0.3 is 19.3 Å². The third kappa shape index (κ3) is 5.37. The lowest BCUT2D eigenvalue weighted by molar-refractivity contribution is 0.0368. The largest absolute Gasteiger partial charge is 0.508 e. The van der Waals surface area contributed by atoms with E-state index in [4.69, 9.17) is 14.2 Å². The summed E-state index contributed by atoms with van der Waals surface area (Å²) in [6.45, 7) is 6.22. The van der Waals surface area contributed by atoms with Crippen molar-refractivity contribution in [3.8, 4) is 17.2 Å². The molecular formula is C29H33NO4. The number of unbranched alkanes of at least 4 members (excludes halogenated alkanes) is 1. The van der Waals surface area contributed by atoms with Crippen LogP contribution in [0, 0.1) is 0 Å². The molecule has 0 spiro atoms. The van der Waals surface area contributed by atoms with Crippen molar-refractivity contribution in [2.75, 3.05) is 46.1 Å². The summed E-state index contributed by atoms with van der Waals surface area (Å²) in [5, 5.41) is 9.95. The number of hydrogen-bond acceptors (Lipinski definition) is 5. The molecule has 0 saturated carbocycles. The van der Waals surface area contributed by atoms with Crippen LogP contribution in [0.4, 0.5) is 0 Å². The first-order valence-electron chi connectivity index (χ1n) is 12.3. The minimum absolute atomic E-state index is 0.148. The Labute approximate surface area is 201 Å². The molecule has 5 nitrogen and oxygen atoms in total. The van der Waals surface area contributed by atoms with E-state index < -0.39 is 0 Å². The first kappa shape index (κ1) is 22.8. The molecule has 1 fully saturated rings. The van der Waals surface area contributed by atoms with Crippen molar-refractivity contribution in [2.24, 2.45) is 0 Å². The van der Waals surface area contributed by atoms with E-state index >= 15 is 0 Å². The molecule has 2 atom stereocenters. The number of nitrogens with zero attached hydrogens (tertiary/aromatic N) is 1. The van der Waals surface area contributed by atoms with Crippen molar-refractivity contribution >= 4 is 0 Å². The van der Waals surface area contributed by atoms with Gasteiger partial charge >= 0.3 is 0 Å². The van der Waals surface area contributed by atoms with Gasteiger partial charge in [0.2, 0.25) is 0 Å². The Balaban J connectivity index is 1.25. The van der Waals surface area contributed by atoms with Crippen molar-refractivity contribution in [1.29, 1.82) is 0 Å². The summed E-state index contributed by atoms with van der Waals surface area (Å²) in [6.07, 6.45) is 2.19. The number of benzene rings is 3. The van der Waals surface area contributed by atoms with Gasteiger partial charge in [0.05, 0.1) is 26.4 Å². The van der Waals surface area contributed by atoms with Crippen LogP contribution in [0.25, 0.3) is 0 Å². The summed E-state index contributed by atoms with van der Waals surface area (Å²) < 4.78 is 17.5. The number of phenols is 1. The molecule has 2 aliphatic heterocycles. The van der Waals surface area contributed by atoms with Crippen LogP contribution in [0.5, 0.6) is 17.2 Å². The molecule has 3 aromatic carbocycles. The summed E-state index contributed by atoms with van der Waals surface area (Å²) >= 11 is 0. The van der Waals surface area contributed by atoms with Crippen molar-refractivity contribution in [2.45, 2.75) is 24.7 Å². The van der Waals surface area contributed by atoms with Gasteiger partial charge in [0, 0.05) is 36.6 Å². The van der Waals surface area contributed by atoms with Crippen LogP contribution in [0.2, 0.25) is 0 Å². The third-order valence-corrected chi connectivity index (χ3v) is 6.86. The van der Waals surface area contributed by atoms with E-state index in [1.54, 1.807) is 12.1 Å². The van der Waals surface area contributed by atoms with Gasteiger partial charge in [-0.15, -0.1) is 0 Å². The normalized spacial score (nSPS) is 20.4. The zero-order chi connectivity index (χ0) is 23.2. The molecular weight excluding hydrogens is 426 g/mol. The highest BCUT2D eigenvalue weighted by molar-refractivity contribution is 5.50. The second-order valence-corrected chi connectivity index (χ2v) is 9.11. The zero-order valence-corrected chi connectivity index (χ0v) is 19.6. The van der Waals surface area contributed by atoms with Crippen LogP contribution in [0.3, 0.4) is 0 Å². The van der Waals surface area contributed by atoms with Crippen molar-refractivity contribution in [1.82, 2.24) is 4.90 Å². The maximum atomic E-state index is 9.95. The molecule has 0 amide bonds. The lowest BCUT2D eigenvalue weighted by atomic mass is 9.76. The average molecular weight is 460 g/mol. The number of ether oxygens (including phenoxy) is 3. The second kappa shape index (κ2) is 10.9. The second-order valence-electron chi connectivity index (χ2n) is 9.11. The zero-order valence-electron chi connectivity index (χ0n) is 19.6. The van der Waals surface area contributed by atoms with Gasteiger partial charge in [0.15, 0.2) is 0 Å². The molecule has 0 aliphatic carbocycles.